The Bertz CT molecular complexity index is 1060. The SMILES string of the molecule is COC(=O)c1ccc(CNC(=O)Cc2nn(C)c(=O)c3ccccc23)cc1. The molecule has 7 nitrogen and oxygen atoms in total. The minimum Gasteiger partial charge on any atom is -0.465 e. The Morgan fingerprint density at radius 2 is 1.74 bits per heavy atom. The van der Waals surface area contributed by atoms with Crippen molar-refractivity contribution in [3.63, 3.8) is 0 Å². The molecule has 0 aliphatic rings. The number of carbonyl (C=O) groups is 2. The average Bonchev–Trinajstić information content (AvgIpc) is 2.70. The lowest BCUT2D eigenvalue weighted by Gasteiger charge is -2.09. The van der Waals surface area contributed by atoms with Crippen molar-refractivity contribution in [1.82, 2.24) is 15.1 Å². The lowest BCUT2D eigenvalue weighted by Crippen LogP contribution is -2.27. The van der Waals surface area contributed by atoms with Gasteiger partial charge in [0.2, 0.25) is 5.91 Å². The molecular weight excluding hydrogens is 346 g/mol. The average molecular weight is 365 g/mol. The van der Waals surface area contributed by atoms with Crippen LogP contribution in [0.1, 0.15) is 21.6 Å². The molecular formula is C20H19N3O4. The molecule has 0 aliphatic heterocycles. The maximum Gasteiger partial charge on any atom is 0.337 e. The number of fused-ring (bicyclic) bond motifs is 1. The Morgan fingerprint density at radius 3 is 2.41 bits per heavy atom. The first kappa shape index (κ1) is 18.3. The summed E-state index contributed by atoms with van der Waals surface area (Å²) in [5.41, 5.74) is 1.66. The van der Waals surface area contributed by atoms with E-state index in [1.54, 1.807) is 49.5 Å². The fraction of sp³-hybridized carbons (Fsp3) is 0.200. The highest BCUT2D eigenvalue weighted by atomic mass is 16.5. The van der Waals surface area contributed by atoms with Crippen LogP contribution in [0.5, 0.6) is 0 Å². The number of rotatable bonds is 5. The summed E-state index contributed by atoms with van der Waals surface area (Å²) in [6, 6.07) is 13.9. The molecule has 27 heavy (non-hydrogen) atoms. The molecule has 3 rings (SSSR count). The minimum atomic E-state index is -0.404. The van der Waals surface area contributed by atoms with E-state index in [1.165, 1.54) is 11.8 Å². The van der Waals surface area contributed by atoms with Gasteiger partial charge < -0.3 is 10.1 Å². The largest absolute Gasteiger partial charge is 0.465 e. The lowest BCUT2D eigenvalue weighted by atomic mass is 10.1. The van der Waals surface area contributed by atoms with E-state index in [9.17, 15) is 14.4 Å². The van der Waals surface area contributed by atoms with E-state index in [-0.39, 0.29) is 17.9 Å². The van der Waals surface area contributed by atoms with Gasteiger partial charge in [0, 0.05) is 19.0 Å². The highest BCUT2D eigenvalue weighted by molar-refractivity contribution is 5.89. The van der Waals surface area contributed by atoms with Crippen LogP contribution < -0.4 is 10.9 Å². The summed E-state index contributed by atoms with van der Waals surface area (Å²) >= 11 is 0. The van der Waals surface area contributed by atoms with Crippen LogP contribution in [0.3, 0.4) is 0 Å². The van der Waals surface area contributed by atoms with Crippen LogP contribution in [0.2, 0.25) is 0 Å². The number of amides is 1. The summed E-state index contributed by atoms with van der Waals surface area (Å²) in [6.07, 6.45) is 0.0644. The van der Waals surface area contributed by atoms with E-state index in [0.29, 0.717) is 28.6 Å². The summed E-state index contributed by atoms with van der Waals surface area (Å²) in [7, 11) is 2.90. The Labute approximate surface area is 155 Å². The topological polar surface area (TPSA) is 90.3 Å². The molecule has 1 N–H and O–H groups in total. The maximum absolute atomic E-state index is 12.3. The molecule has 0 unspecified atom stereocenters. The predicted molar refractivity (Wildman–Crippen MR) is 100 cm³/mol. The highest BCUT2D eigenvalue weighted by Crippen LogP contribution is 2.13. The number of hydrogen-bond acceptors (Lipinski definition) is 5. The van der Waals surface area contributed by atoms with Crippen molar-refractivity contribution >= 4 is 22.6 Å². The number of aromatic nitrogens is 2. The van der Waals surface area contributed by atoms with Crippen molar-refractivity contribution in [2.24, 2.45) is 7.05 Å². The van der Waals surface area contributed by atoms with Crippen LogP contribution in [0.4, 0.5) is 0 Å². The Balaban J connectivity index is 1.70. The number of ether oxygens (including phenoxy) is 1. The van der Waals surface area contributed by atoms with E-state index >= 15 is 0 Å². The van der Waals surface area contributed by atoms with E-state index in [2.05, 4.69) is 15.2 Å². The number of benzene rings is 2. The lowest BCUT2D eigenvalue weighted by molar-refractivity contribution is -0.120. The minimum absolute atomic E-state index is 0.0644. The van der Waals surface area contributed by atoms with Gasteiger partial charge in [-0.15, -0.1) is 0 Å². The summed E-state index contributed by atoms with van der Waals surface area (Å²) < 4.78 is 5.90. The molecule has 0 aliphatic carbocycles. The standard InChI is InChI=1S/C20H19N3O4/c1-23-19(25)16-6-4-3-5-15(16)17(22-23)11-18(24)21-12-13-7-9-14(10-8-13)20(26)27-2/h3-10H,11-12H2,1-2H3,(H,21,24). The maximum atomic E-state index is 12.3. The van der Waals surface area contributed by atoms with E-state index < -0.39 is 5.97 Å². The number of nitrogens with zero attached hydrogens (tertiary/aromatic N) is 2. The highest BCUT2D eigenvalue weighted by Gasteiger charge is 2.12. The molecule has 0 atom stereocenters. The molecule has 0 saturated carbocycles. The van der Waals surface area contributed by atoms with Crippen LogP contribution in [0.15, 0.2) is 53.3 Å². The van der Waals surface area contributed by atoms with Crippen molar-refractivity contribution in [3.05, 3.63) is 75.7 Å². The summed E-state index contributed by atoms with van der Waals surface area (Å²) in [4.78, 5) is 35.9. The van der Waals surface area contributed by atoms with Gasteiger partial charge in [0.25, 0.3) is 5.56 Å². The zero-order chi connectivity index (χ0) is 19.4. The van der Waals surface area contributed by atoms with Gasteiger partial charge in [-0.05, 0) is 23.8 Å². The van der Waals surface area contributed by atoms with Gasteiger partial charge in [-0.1, -0.05) is 30.3 Å². The summed E-state index contributed by atoms with van der Waals surface area (Å²) in [5, 5.41) is 8.27. The van der Waals surface area contributed by atoms with Crippen molar-refractivity contribution in [2.75, 3.05) is 7.11 Å². The molecule has 0 radical (unpaired) electrons. The second-order valence-electron chi connectivity index (χ2n) is 6.06. The molecule has 7 heteroatoms. The van der Waals surface area contributed by atoms with Crippen LogP contribution in [-0.2, 0) is 29.5 Å². The first-order valence-corrected chi connectivity index (χ1v) is 8.38. The molecule has 0 bridgehead atoms. The monoisotopic (exact) mass is 365 g/mol. The molecule has 0 saturated heterocycles. The molecule has 0 spiro atoms. The Kier molecular flexibility index (Phi) is 5.30. The van der Waals surface area contributed by atoms with Crippen molar-refractivity contribution < 1.29 is 14.3 Å². The summed E-state index contributed by atoms with van der Waals surface area (Å²) in [5.74, 6) is -0.610. The smallest absolute Gasteiger partial charge is 0.337 e. The zero-order valence-corrected chi connectivity index (χ0v) is 15.1. The van der Waals surface area contributed by atoms with Gasteiger partial charge in [0.05, 0.1) is 30.2 Å². The van der Waals surface area contributed by atoms with Gasteiger partial charge in [0.15, 0.2) is 0 Å². The van der Waals surface area contributed by atoms with E-state index in [1.807, 2.05) is 6.07 Å². The molecule has 3 aromatic rings. The van der Waals surface area contributed by atoms with Gasteiger partial charge in [-0.25, -0.2) is 9.48 Å². The third kappa shape index (κ3) is 4.03. The quantitative estimate of drug-likeness (QED) is 0.693. The van der Waals surface area contributed by atoms with Crippen LogP contribution >= 0.6 is 0 Å². The number of aryl methyl sites for hydroxylation is 1. The van der Waals surface area contributed by atoms with E-state index in [0.717, 1.165) is 5.56 Å². The van der Waals surface area contributed by atoms with Crippen molar-refractivity contribution in [1.29, 1.82) is 0 Å². The molecule has 1 aromatic heterocycles. The number of methoxy groups -OCH3 is 1. The van der Waals surface area contributed by atoms with Gasteiger partial charge in [0.1, 0.15) is 0 Å². The fourth-order valence-electron chi connectivity index (χ4n) is 2.80. The zero-order valence-electron chi connectivity index (χ0n) is 15.1. The first-order chi connectivity index (χ1) is 13.0. The van der Waals surface area contributed by atoms with Gasteiger partial charge >= 0.3 is 5.97 Å². The molecule has 1 heterocycles. The molecule has 0 fully saturated rings. The number of esters is 1. The third-order valence-corrected chi connectivity index (χ3v) is 4.23. The van der Waals surface area contributed by atoms with Crippen LogP contribution in [0, 0.1) is 0 Å². The second kappa shape index (κ2) is 7.82. The van der Waals surface area contributed by atoms with Crippen molar-refractivity contribution in [2.45, 2.75) is 13.0 Å². The number of carbonyl (C=O) groups excluding carboxylic acids is 2. The Hall–Kier alpha value is -3.48. The molecule has 2 aromatic carbocycles. The number of hydrogen-bond donors (Lipinski definition) is 1. The molecule has 1 amide bonds. The number of nitrogens with one attached hydrogen (secondary N) is 1. The van der Waals surface area contributed by atoms with Gasteiger partial charge in [-0.3, -0.25) is 9.59 Å². The normalized spacial score (nSPS) is 10.6. The first-order valence-electron chi connectivity index (χ1n) is 8.38. The second-order valence-corrected chi connectivity index (χ2v) is 6.06. The van der Waals surface area contributed by atoms with Crippen LogP contribution in [0.25, 0.3) is 10.8 Å². The fourth-order valence-corrected chi connectivity index (χ4v) is 2.80. The van der Waals surface area contributed by atoms with Gasteiger partial charge in [-0.2, -0.15) is 5.10 Å². The van der Waals surface area contributed by atoms with Crippen molar-refractivity contribution in [3.8, 4) is 0 Å². The third-order valence-electron chi connectivity index (χ3n) is 4.23. The summed E-state index contributed by atoms with van der Waals surface area (Å²) in [6.45, 7) is 0.323. The van der Waals surface area contributed by atoms with Crippen LogP contribution in [-0.4, -0.2) is 28.8 Å². The molecule has 138 valence electrons. The Morgan fingerprint density at radius 1 is 1.07 bits per heavy atom. The van der Waals surface area contributed by atoms with E-state index in [4.69, 9.17) is 0 Å². The predicted octanol–water partition coefficient (Wildman–Crippen LogP) is 1.58.